The zero-order valence-corrected chi connectivity index (χ0v) is 19.7. The van der Waals surface area contributed by atoms with E-state index in [0.717, 1.165) is 55.6 Å². The maximum Gasteiger partial charge on any atom is 0.224 e. The van der Waals surface area contributed by atoms with Crippen LogP contribution in [0.2, 0.25) is 0 Å². The summed E-state index contributed by atoms with van der Waals surface area (Å²) in [6.45, 7) is 1.98. The Hall–Kier alpha value is -4.37. The molecule has 5 aromatic heterocycles. The van der Waals surface area contributed by atoms with Crippen molar-refractivity contribution in [2.75, 3.05) is 5.32 Å². The molecule has 0 fully saturated rings. The predicted molar refractivity (Wildman–Crippen MR) is 139 cm³/mol. The van der Waals surface area contributed by atoms with Gasteiger partial charge >= 0.3 is 0 Å². The number of carbonyl (C=O) groups is 1. The van der Waals surface area contributed by atoms with Gasteiger partial charge in [0.15, 0.2) is 5.82 Å². The number of amides is 1. The number of pyridine rings is 2. The summed E-state index contributed by atoms with van der Waals surface area (Å²) in [6.07, 6.45) is 8.36. The van der Waals surface area contributed by atoms with Gasteiger partial charge in [-0.25, -0.2) is 4.98 Å². The molecule has 0 aliphatic heterocycles. The van der Waals surface area contributed by atoms with Crippen molar-refractivity contribution in [3.63, 3.8) is 0 Å². The highest BCUT2D eigenvalue weighted by Crippen LogP contribution is 2.34. The molecular formula is C26H21N7OS. The highest BCUT2D eigenvalue weighted by Gasteiger charge is 2.16. The second-order valence-corrected chi connectivity index (χ2v) is 9.19. The molecule has 0 bridgehead atoms. The summed E-state index contributed by atoms with van der Waals surface area (Å²) >= 11 is 1.66. The predicted octanol–water partition coefficient (Wildman–Crippen LogP) is 6.03. The van der Waals surface area contributed by atoms with Gasteiger partial charge in [-0.05, 0) is 41.6 Å². The van der Waals surface area contributed by atoms with Gasteiger partial charge in [-0.15, -0.1) is 11.3 Å². The van der Waals surface area contributed by atoms with Gasteiger partial charge < -0.3 is 10.3 Å². The molecule has 0 aliphatic carbocycles. The summed E-state index contributed by atoms with van der Waals surface area (Å²) in [6, 6.07) is 12.1. The zero-order chi connectivity index (χ0) is 23.8. The van der Waals surface area contributed by atoms with Crippen molar-refractivity contribution in [2.24, 2.45) is 0 Å². The van der Waals surface area contributed by atoms with Crippen LogP contribution in [-0.4, -0.2) is 36.0 Å². The van der Waals surface area contributed by atoms with Crippen LogP contribution in [0.15, 0.2) is 66.6 Å². The standard InChI is InChI=1S/C26H21N7OS/c1-2-4-23(34)29-17-9-16(11-27-12-17)15-6-7-20-18(10-15)25(33-32-20)26-30-21-14-28-13-19(24(21)31-26)22-5-3-8-35-22/h3,5-14H,2,4H2,1H3,(H,29,34)(H,30,31)(H,32,33). The van der Waals surface area contributed by atoms with E-state index in [1.807, 2.05) is 42.8 Å². The number of aromatic amines is 2. The van der Waals surface area contributed by atoms with Gasteiger partial charge in [-0.2, -0.15) is 5.10 Å². The SMILES string of the molecule is CCCC(=O)Nc1cncc(-c2ccc3[nH]nc(-c4nc5c(-c6cccs6)cncc5[nH]4)c3c2)c1. The summed E-state index contributed by atoms with van der Waals surface area (Å²) < 4.78 is 0. The molecule has 0 saturated heterocycles. The number of carbonyl (C=O) groups excluding carboxylic acids is 1. The molecule has 1 aromatic carbocycles. The molecule has 3 N–H and O–H groups in total. The van der Waals surface area contributed by atoms with Gasteiger partial charge in [0.2, 0.25) is 5.91 Å². The molecule has 5 heterocycles. The van der Waals surface area contributed by atoms with E-state index >= 15 is 0 Å². The van der Waals surface area contributed by atoms with Crippen molar-refractivity contribution in [2.45, 2.75) is 19.8 Å². The number of hydrogen-bond donors (Lipinski definition) is 3. The first-order valence-electron chi connectivity index (χ1n) is 11.3. The van der Waals surface area contributed by atoms with Crippen LogP contribution >= 0.6 is 11.3 Å². The van der Waals surface area contributed by atoms with Crippen molar-refractivity contribution in [3.8, 4) is 33.1 Å². The van der Waals surface area contributed by atoms with Gasteiger partial charge in [0, 0.05) is 40.2 Å². The van der Waals surface area contributed by atoms with E-state index in [2.05, 4.69) is 42.6 Å². The van der Waals surface area contributed by atoms with Crippen molar-refractivity contribution in [1.82, 2.24) is 30.1 Å². The Morgan fingerprint density at radius 2 is 1.94 bits per heavy atom. The monoisotopic (exact) mass is 479 g/mol. The van der Waals surface area contributed by atoms with Crippen LogP contribution in [0.25, 0.3) is 55.0 Å². The summed E-state index contributed by atoms with van der Waals surface area (Å²) in [7, 11) is 0. The van der Waals surface area contributed by atoms with Crippen LogP contribution in [0.1, 0.15) is 19.8 Å². The Kier molecular flexibility index (Phi) is 5.31. The minimum absolute atomic E-state index is 0.0136. The summed E-state index contributed by atoms with van der Waals surface area (Å²) in [4.78, 5) is 30.1. The van der Waals surface area contributed by atoms with E-state index in [0.29, 0.717) is 17.9 Å². The average Bonchev–Trinajstić information content (AvgIpc) is 3.63. The van der Waals surface area contributed by atoms with E-state index in [1.54, 1.807) is 29.9 Å². The van der Waals surface area contributed by atoms with Gasteiger partial charge in [-0.1, -0.05) is 19.1 Å². The Morgan fingerprint density at radius 1 is 1.03 bits per heavy atom. The second kappa shape index (κ2) is 8.77. The zero-order valence-electron chi connectivity index (χ0n) is 18.9. The lowest BCUT2D eigenvalue weighted by molar-refractivity contribution is -0.116. The van der Waals surface area contributed by atoms with Crippen molar-refractivity contribution >= 4 is 44.9 Å². The minimum Gasteiger partial charge on any atom is -0.335 e. The van der Waals surface area contributed by atoms with Crippen LogP contribution in [-0.2, 0) is 4.79 Å². The number of nitrogens with one attached hydrogen (secondary N) is 3. The number of aromatic nitrogens is 6. The molecule has 8 nitrogen and oxygen atoms in total. The van der Waals surface area contributed by atoms with E-state index < -0.39 is 0 Å². The van der Waals surface area contributed by atoms with Crippen LogP contribution in [0.5, 0.6) is 0 Å². The summed E-state index contributed by atoms with van der Waals surface area (Å²) in [5.41, 5.74) is 6.91. The molecule has 0 saturated carbocycles. The third-order valence-corrected chi connectivity index (χ3v) is 6.70. The maximum atomic E-state index is 12.0. The Balaban J connectivity index is 1.40. The lowest BCUT2D eigenvalue weighted by Crippen LogP contribution is -2.10. The lowest BCUT2D eigenvalue weighted by atomic mass is 10.0. The smallest absolute Gasteiger partial charge is 0.224 e. The topological polar surface area (TPSA) is 112 Å². The second-order valence-electron chi connectivity index (χ2n) is 8.24. The van der Waals surface area contributed by atoms with E-state index in [1.165, 1.54) is 0 Å². The van der Waals surface area contributed by atoms with Crippen LogP contribution in [0.3, 0.4) is 0 Å². The van der Waals surface area contributed by atoms with Crippen LogP contribution < -0.4 is 5.32 Å². The molecule has 0 radical (unpaired) electrons. The summed E-state index contributed by atoms with van der Waals surface area (Å²) in [5, 5.41) is 13.6. The highest BCUT2D eigenvalue weighted by molar-refractivity contribution is 7.13. The number of hydrogen-bond acceptors (Lipinski definition) is 6. The summed E-state index contributed by atoms with van der Waals surface area (Å²) in [5.74, 6) is 0.660. The van der Waals surface area contributed by atoms with E-state index in [4.69, 9.17) is 4.98 Å². The Bertz CT molecular complexity index is 1670. The molecule has 0 spiro atoms. The van der Waals surface area contributed by atoms with Crippen LogP contribution in [0, 0.1) is 0 Å². The minimum atomic E-state index is -0.0136. The molecule has 6 rings (SSSR count). The number of H-pyrrole nitrogens is 2. The highest BCUT2D eigenvalue weighted by atomic mass is 32.1. The number of thiophene rings is 1. The molecule has 35 heavy (non-hydrogen) atoms. The number of nitrogens with zero attached hydrogens (tertiary/aromatic N) is 4. The number of imidazole rings is 1. The molecule has 172 valence electrons. The van der Waals surface area contributed by atoms with Gasteiger partial charge in [0.25, 0.3) is 0 Å². The molecule has 6 aromatic rings. The fourth-order valence-electron chi connectivity index (χ4n) is 4.15. The fraction of sp³-hybridized carbons (Fsp3) is 0.115. The van der Waals surface area contributed by atoms with Gasteiger partial charge in [0.05, 0.1) is 29.1 Å². The third-order valence-electron chi connectivity index (χ3n) is 5.80. The van der Waals surface area contributed by atoms with Gasteiger partial charge in [-0.3, -0.25) is 19.9 Å². The largest absolute Gasteiger partial charge is 0.335 e. The maximum absolute atomic E-state index is 12.0. The van der Waals surface area contributed by atoms with Gasteiger partial charge in [0.1, 0.15) is 11.2 Å². The Morgan fingerprint density at radius 3 is 2.80 bits per heavy atom. The quantitative estimate of drug-likeness (QED) is 0.270. The number of benzene rings is 1. The number of rotatable bonds is 6. The molecule has 0 atom stereocenters. The average molecular weight is 480 g/mol. The first-order chi connectivity index (χ1) is 17.2. The normalized spacial score (nSPS) is 11.3. The number of anilines is 1. The molecule has 0 unspecified atom stereocenters. The molecular weight excluding hydrogens is 458 g/mol. The van der Waals surface area contributed by atoms with Crippen molar-refractivity contribution in [1.29, 1.82) is 0 Å². The molecule has 1 amide bonds. The fourth-order valence-corrected chi connectivity index (χ4v) is 4.89. The lowest BCUT2D eigenvalue weighted by Gasteiger charge is -2.07. The third kappa shape index (κ3) is 3.95. The molecule has 9 heteroatoms. The number of fused-ring (bicyclic) bond motifs is 2. The molecule has 0 aliphatic rings. The van der Waals surface area contributed by atoms with Crippen molar-refractivity contribution in [3.05, 3.63) is 66.6 Å². The van der Waals surface area contributed by atoms with E-state index in [-0.39, 0.29) is 5.91 Å². The van der Waals surface area contributed by atoms with Crippen LogP contribution in [0.4, 0.5) is 5.69 Å². The first-order valence-corrected chi connectivity index (χ1v) is 12.2. The van der Waals surface area contributed by atoms with E-state index in [9.17, 15) is 4.79 Å². The first kappa shape index (κ1) is 21.2. The Labute approximate surface area is 204 Å². The van der Waals surface area contributed by atoms with Crippen molar-refractivity contribution < 1.29 is 4.79 Å².